The van der Waals surface area contributed by atoms with Crippen LogP contribution in [0.3, 0.4) is 0 Å². The molecule has 0 radical (unpaired) electrons. The van der Waals surface area contributed by atoms with Crippen LogP contribution in [0.4, 0.5) is 14.6 Å². The quantitative estimate of drug-likeness (QED) is 0.669. The lowest BCUT2D eigenvalue weighted by Crippen LogP contribution is -2.27. The van der Waals surface area contributed by atoms with Crippen molar-refractivity contribution in [2.24, 2.45) is 7.05 Å². The molecule has 29 heavy (non-hydrogen) atoms. The predicted octanol–water partition coefficient (Wildman–Crippen LogP) is 3.31. The summed E-state index contributed by atoms with van der Waals surface area (Å²) < 4.78 is 31.5. The number of rotatable bonds is 4. The predicted molar refractivity (Wildman–Crippen MR) is 107 cm³/mol. The van der Waals surface area contributed by atoms with E-state index in [0.29, 0.717) is 18.2 Å². The highest BCUT2D eigenvalue weighted by Crippen LogP contribution is 2.35. The highest BCUT2D eigenvalue weighted by molar-refractivity contribution is 5.88. The maximum atomic E-state index is 13.9. The van der Waals surface area contributed by atoms with Gasteiger partial charge in [0.15, 0.2) is 5.82 Å². The Kier molecular flexibility index (Phi) is 4.59. The molecule has 0 aliphatic carbocycles. The number of aryl methyl sites for hydroxylation is 2. The van der Waals surface area contributed by atoms with Crippen molar-refractivity contribution in [2.45, 2.75) is 58.4 Å². The highest BCUT2D eigenvalue weighted by Gasteiger charge is 2.40. The largest absolute Gasteiger partial charge is 0.350 e. The summed E-state index contributed by atoms with van der Waals surface area (Å²) in [5.41, 5.74) is 0.427. The molecule has 1 fully saturated rings. The Morgan fingerprint density at radius 1 is 1.17 bits per heavy atom. The van der Waals surface area contributed by atoms with E-state index in [1.54, 1.807) is 9.58 Å². The minimum absolute atomic E-state index is 0.150. The van der Waals surface area contributed by atoms with Gasteiger partial charge in [-0.2, -0.15) is 5.10 Å². The van der Waals surface area contributed by atoms with E-state index in [9.17, 15) is 8.78 Å². The molecule has 0 bridgehead atoms. The van der Waals surface area contributed by atoms with Gasteiger partial charge >= 0.3 is 0 Å². The Balaban J connectivity index is 1.81. The lowest BCUT2D eigenvalue weighted by Gasteiger charge is -2.23. The molecule has 0 N–H and O–H groups in total. The van der Waals surface area contributed by atoms with Gasteiger partial charge in [0.2, 0.25) is 0 Å². The summed E-state index contributed by atoms with van der Waals surface area (Å²) in [5, 5.41) is 5.20. The molecule has 9 heteroatoms. The Morgan fingerprint density at radius 3 is 2.52 bits per heavy atom. The normalized spacial score (nSPS) is 16.9. The van der Waals surface area contributed by atoms with Crippen LogP contribution in [0.15, 0.2) is 12.3 Å². The summed E-state index contributed by atoms with van der Waals surface area (Å²) in [7, 11) is 1.88. The van der Waals surface area contributed by atoms with E-state index in [1.807, 2.05) is 51.6 Å². The lowest BCUT2D eigenvalue weighted by atomic mass is 9.95. The average molecular weight is 403 g/mol. The molecule has 4 rings (SSSR count). The third kappa shape index (κ3) is 3.70. The molecule has 0 spiro atoms. The van der Waals surface area contributed by atoms with Crippen LogP contribution in [0.25, 0.3) is 11.0 Å². The molecule has 3 aromatic heterocycles. The fraction of sp³-hybridized carbons (Fsp3) is 0.600. The van der Waals surface area contributed by atoms with Gasteiger partial charge in [-0.05, 0) is 6.07 Å². The van der Waals surface area contributed by atoms with Gasteiger partial charge < -0.3 is 9.47 Å². The van der Waals surface area contributed by atoms with Crippen LogP contribution in [0.2, 0.25) is 0 Å². The molecule has 7 nitrogen and oxygen atoms in total. The first kappa shape index (κ1) is 19.7. The maximum Gasteiger partial charge on any atom is 0.266 e. The van der Waals surface area contributed by atoms with Crippen LogP contribution in [-0.2, 0) is 25.4 Å². The van der Waals surface area contributed by atoms with Crippen LogP contribution in [0, 0.1) is 0 Å². The summed E-state index contributed by atoms with van der Waals surface area (Å²) in [4.78, 5) is 15.8. The first-order valence-corrected chi connectivity index (χ1v) is 9.96. The van der Waals surface area contributed by atoms with Gasteiger partial charge in [-0.3, -0.25) is 4.68 Å². The smallest absolute Gasteiger partial charge is 0.266 e. The monoisotopic (exact) mass is 403 g/mol. The van der Waals surface area contributed by atoms with E-state index in [4.69, 9.17) is 9.97 Å². The molecule has 3 aromatic rings. The first-order valence-electron chi connectivity index (χ1n) is 9.96. The van der Waals surface area contributed by atoms with Crippen molar-refractivity contribution in [1.82, 2.24) is 29.3 Å². The minimum Gasteiger partial charge on any atom is -0.350 e. The second-order valence-corrected chi connectivity index (χ2v) is 8.75. The fourth-order valence-electron chi connectivity index (χ4n) is 3.58. The number of fused-ring (bicyclic) bond motifs is 1. The molecular weight excluding hydrogens is 376 g/mol. The Morgan fingerprint density at radius 2 is 1.93 bits per heavy atom. The fourth-order valence-corrected chi connectivity index (χ4v) is 3.58. The number of anilines is 1. The van der Waals surface area contributed by atoms with Crippen molar-refractivity contribution >= 4 is 16.9 Å². The number of halogens is 2. The first-order chi connectivity index (χ1) is 13.6. The standard InChI is InChI=1S/C20H27F2N7/c1-6-14-23-15(27(5)26-14)11-28-9-7-13-16(28)24-18(19(2,3)4)25-17(13)29-10-8-20(21,22)12-29/h7,9H,6,8,10-12H2,1-5H3. The molecule has 1 saturated heterocycles. The zero-order valence-electron chi connectivity index (χ0n) is 17.6. The van der Waals surface area contributed by atoms with Gasteiger partial charge in [0.25, 0.3) is 5.92 Å². The number of nitrogens with zero attached hydrogens (tertiary/aromatic N) is 7. The lowest BCUT2D eigenvalue weighted by molar-refractivity contribution is 0.0257. The zero-order valence-corrected chi connectivity index (χ0v) is 17.6. The molecule has 4 heterocycles. The molecular formula is C20H27F2N7. The maximum absolute atomic E-state index is 13.9. The SMILES string of the molecule is CCc1nc(Cn2ccc3c(N4CCC(F)(F)C4)nc(C(C)(C)C)nc32)n(C)n1. The number of alkyl halides is 2. The third-order valence-electron chi connectivity index (χ3n) is 5.26. The Bertz CT molecular complexity index is 1050. The number of hydrogen-bond donors (Lipinski definition) is 0. The molecule has 0 unspecified atom stereocenters. The average Bonchev–Trinajstić information content (AvgIpc) is 3.31. The van der Waals surface area contributed by atoms with Crippen molar-refractivity contribution in [3.63, 3.8) is 0 Å². The van der Waals surface area contributed by atoms with Gasteiger partial charge in [0.05, 0.1) is 18.5 Å². The summed E-state index contributed by atoms with van der Waals surface area (Å²) in [6, 6.07) is 1.91. The van der Waals surface area contributed by atoms with Gasteiger partial charge in [-0.1, -0.05) is 27.7 Å². The van der Waals surface area contributed by atoms with Crippen LogP contribution in [0.1, 0.15) is 51.6 Å². The third-order valence-corrected chi connectivity index (χ3v) is 5.26. The van der Waals surface area contributed by atoms with Gasteiger partial charge in [0.1, 0.15) is 23.1 Å². The van der Waals surface area contributed by atoms with Crippen molar-refractivity contribution < 1.29 is 8.78 Å². The Labute approximate surface area is 168 Å². The summed E-state index contributed by atoms with van der Waals surface area (Å²) >= 11 is 0. The van der Waals surface area contributed by atoms with E-state index in [-0.39, 0.29) is 24.9 Å². The summed E-state index contributed by atoms with van der Waals surface area (Å²) in [5.74, 6) is 0.163. The van der Waals surface area contributed by atoms with Crippen molar-refractivity contribution in [1.29, 1.82) is 0 Å². The summed E-state index contributed by atoms with van der Waals surface area (Å²) in [6.07, 6.45) is 2.54. The molecule has 0 aromatic carbocycles. The van der Waals surface area contributed by atoms with Crippen LogP contribution in [0.5, 0.6) is 0 Å². The Hall–Kier alpha value is -2.58. The van der Waals surface area contributed by atoms with Crippen molar-refractivity contribution in [3.8, 4) is 0 Å². The molecule has 156 valence electrons. The number of hydrogen-bond acceptors (Lipinski definition) is 5. The highest BCUT2D eigenvalue weighted by atomic mass is 19.3. The van der Waals surface area contributed by atoms with Gasteiger partial charge in [-0.25, -0.2) is 23.7 Å². The van der Waals surface area contributed by atoms with Crippen LogP contribution < -0.4 is 4.90 Å². The molecule has 0 saturated carbocycles. The van der Waals surface area contributed by atoms with E-state index >= 15 is 0 Å². The topological polar surface area (TPSA) is 64.7 Å². The molecule has 0 amide bonds. The number of aromatic nitrogens is 6. The van der Waals surface area contributed by atoms with Crippen LogP contribution >= 0.6 is 0 Å². The van der Waals surface area contributed by atoms with Gasteiger partial charge in [-0.15, -0.1) is 0 Å². The van der Waals surface area contributed by atoms with E-state index in [1.165, 1.54) is 0 Å². The summed E-state index contributed by atoms with van der Waals surface area (Å²) in [6.45, 7) is 8.59. The van der Waals surface area contributed by atoms with Gasteiger partial charge in [0, 0.05) is 38.0 Å². The zero-order chi connectivity index (χ0) is 21.0. The van der Waals surface area contributed by atoms with Crippen molar-refractivity contribution in [2.75, 3.05) is 18.0 Å². The van der Waals surface area contributed by atoms with E-state index in [0.717, 1.165) is 29.1 Å². The molecule has 0 atom stereocenters. The van der Waals surface area contributed by atoms with E-state index < -0.39 is 5.92 Å². The second kappa shape index (κ2) is 6.74. The van der Waals surface area contributed by atoms with Crippen molar-refractivity contribution in [3.05, 3.63) is 29.7 Å². The minimum atomic E-state index is -2.68. The molecule has 1 aliphatic rings. The molecule has 1 aliphatic heterocycles. The second-order valence-electron chi connectivity index (χ2n) is 8.75. The van der Waals surface area contributed by atoms with E-state index in [2.05, 4.69) is 10.1 Å². The van der Waals surface area contributed by atoms with Crippen LogP contribution in [-0.4, -0.2) is 48.3 Å².